The molecule has 0 unspecified atom stereocenters. The lowest BCUT2D eigenvalue weighted by atomic mass is 10.1. The van der Waals surface area contributed by atoms with Gasteiger partial charge in [0.25, 0.3) is 15.9 Å². The van der Waals surface area contributed by atoms with Gasteiger partial charge in [0.15, 0.2) is 0 Å². The SMILES string of the molecule is O=C(NC[C@H]1CCCO1)c1ccc(NS(=O)(=O)c2ccc(-c3cccc(F)c3)cc2)cc1. The summed E-state index contributed by atoms with van der Waals surface area (Å²) in [5.74, 6) is -0.590. The molecule has 1 aliphatic rings. The number of benzene rings is 3. The zero-order chi connectivity index (χ0) is 22.6. The number of nitrogens with one attached hydrogen (secondary N) is 2. The third-order valence-corrected chi connectivity index (χ3v) is 6.63. The molecule has 1 amide bonds. The Bertz CT molecular complexity index is 1190. The number of sulfonamides is 1. The Morgan fingerprint density at radius 3 is 2.41 bits per heavy atom. The molecule has 0 bridgehead atoms. The molecule has 6 nitrogen and oxygen atoms in total. The number of hydrogen-bond acceptors (Lipinski definition) is 4. The number of anilines is 1. The van der Waals surface area contributed by atoms with Gasteiger partial charge in [0.1, 0.15) is 5.82 Å². The summed E-state index contributed by atoms with van der Waals surface area (Å²) < 4.78 is 46.8. The van der Waals surface area contributed by atoms with Crippen LogP contribution in [-0.4, -0.2) is 33.6 Å². The lowest BCUT2D eigenvalue weighted by molar-refractivity contribution is 0.0858. The molecule has 1 saturated heterocycles. The molecule has 1 fully saturated rings. The zero-order valence-electron chi connectivity index (χ0n) is 17.3. The van der Waals surface area contributed by atoms with Crippen molar-refractivity contribution in [1.82, 2.24) is 5.32 Å². The zero-order valence-corrected chi connectivity index (χ0v) is 18.1. The van der Waals surface area contributed by atoms with Crippen LogP contribution in [0.25, 0.3) is 11.1 Å². The first-order valence-electron chi connectivity index (χ1n) is 10.3. The molecule has 0 radical (unpaired) electrons. The van der Waals surface area contributed by atoms with Crippen LogP contribution in [-0.2, 0) is 14.8 Å². The average Bonchev–Trinajstić information content (AvgIpc) is 3.32. The average molecular weight is 455 g/mol. The van der Waals surface area contributed by atoms with Crippen molar-refractivity contribution in [2.75, 3.05) is 17.9 Å². The predicted molar refractivity (Wildman–Crippen MR) is 120 cm³/mol. The predicted octanol–water partition coefficient (Wildman–Crippen LogP) is 4.20. The van der Waals surface area contributed by atoms with E-state index in [0.717, 1.165) is 19.4 Å². The van der Waals surface area contributed by atoms with Gasteiger partial charge in [-0.3, -0.25) is 9.52 Å². The summed E-state index contributed by atoms with van der Waals surface area (Å²) in [7, 11) is -3.82. The summed E-state index contributed by atoms with van der Waals surface area (Å²) in [5, 5.41) is 2.83. The molecule has 0 aliphatic carbocycles. The standard InChI is InChI=1S/C24H23FN2O4S/c25-20-4-1-3-19(15-20)17-8-12-23(13-9-17)32(29,30)27-21-10-6-18(7-11-21)24(28)26-16-22-5-2-14-31-22/h1,3-4,6-13,15,22,27H,2,5,14,16H2,(H,26,28)/t22-/m1/s1. The highest BCUT2D eigenvalue weighted by molar-refractivity contribution is 7.92. The van der Waals surface area contributed by atoms with Crippen molar-refractivity contribution in [1.29, 1.82) is 0 Å². The van der Waals surface area contributed by atoms with E-state index in [-0.39, 0.29) is 22.7 Å². The van der Waals surface area contributed by atoms with Gasteiger partial charge in [0.05, 0.1) is 11.0 Å². The van der Waals surface area contributed by atoms with Crippen LogP contribution in [0, 0.1) is 5.82 Å². The molecule has 4 rings (SSSR count). The van der Waals surface area contributed by atoms with Crippen molar-refractivity contribution in [3.05, 3.63) is 84.2 Å². The second kappa shape index (κ2) is 9.50. The number of carbonyl (C=O) groups is 1. The molecule has 1 aliphatic heterocycles. The van der Waals surface area contributed by atoms with Crippen LogP contribution in [0.3, 0.4) is 0 Å². The largest absolute Gasteiger partial charge is 0.376 e. The molecule has 1 heterocycles. The van der Waals surface area contributed by atoms with E-state index in [1.165, 1.54) is 24.3 Å². The molecule has 0 aromatic heterocycles. The van der Waals surface area contributed by atoms with Crippen molar-refractivity contribution in [2.24, 2.45) is 0 Å². The molecule has 3 aromatic carbocycles. The van der Waals surface area contributed by atoms with Gasteiger partial charge >= 0.3 is 0 Å². The van der Waals surface area contributed by atoms with Crippen LogP contribution < -0.4 is 10.0 Å². The maximum atomic E-state index is 13.4. The normalized spacial score (nSPS) is 16.0. The number of hydrogen-bond donors (Lipinski definition) is 2. The molecular weight excluding hydrogens is 431 g/mol. The first-order valence-corrected chi connectivity index (χ1v) is 11.8. The molecule has 0 spiro atoms. The third-order valence-electron chi connectivity index (χ3n) is 5.24. The number of rotatable bonds is 7. The minimum absolute atomic E-state index is 0.0531. The highest BCUT2D eigenvalue weighted by Crippen LogP contribution is 2.23. The molecule has 32 heavy (non-hydrogen) atoms. The Balaban J connectivity index is 1.40. The first kappa shape index (κ1) is 22.0. The van der Waals surface area contributed by atoms with Crippen LogP contribution in [0.1, 0.15) is 23.2 Å². The van der Waals surface area contributed by atoms with Gasteiger partial charge in [0, 0.05) is 24.4 Å². The smallest absolute Gasteiger partial charge is 0.261 e. The fourth-order valence-corrected chi connectivity index (χ4v) is 4.57. The van der Waals surface area contributed by atoms with Gasteiger partial charge in [-0.2, -0.15) is 0 Å². The van der Waals surface area contributed by atoms with Crippen LogP contribution in [0.2, 0.25) is 0 Å². The van der Waals surface area contributed by atoms with E-state index < -0.39 is 10.0 Å². The van der Waals surface area contributed by atoms with Crippen LogP contribution in [0.5, 0.6) is 0 Å². The van der Waals surface area contributed by atoms with E-state index in [4.69, 9.17) is 4.74 Å². The fraction of sp³-hybridized carbons (Fsp3) is 0.208. The Kier molecular flexibility index (Phi) is 6.53. The van der Waals surface area contributed by atoms with E-state index in [2.05, 4.69) is 10.0 Å². The molecular formula is C24H23FN2O4S. The summed E-state index contributed by atoms with van der Waals surface area (Å²) >= 11 is 0. The van der Waals surface area contributed by atoms with Gasteiger partial charge in [-0.1, -0.05) is 24.3 Å². The van der Waals surface area contributed by atoms with Crippen molar-refractivity contribution in [3.8, 4) is 11.1 Å². The maximum absolute atomic E-state index is 13.4. The van der Waals surface area contributed by atoms with Crippen molar-refractivity contribution < 1.29 is 22.3 Å². The quantitative estimate of drug-likeness (QED) is 0.560. The number of carbonyl (C=O) groups excluding carboxylic acids is 1. The summed E-state index contributed by atoms with van der Waals surface area (Å²) in [6.07, 6.45) is 1.99. The number of amides is 1. The number of ether oxygens (including phenoxy) is 1. The van der Waals surface area contributed by atoms with E-state index in [9.17, 15) is 17.6 Å². The minimum Gasteiger partial charge on any atom is -0.376 e. The van der Waals surface area contributed by atoms with E-state index >= 15 is 0 Å². The second-order valence-electron chi connectivity index (χ2n) is 7.56. The Labute approximate surface area is 186 Å². The summed E-state index contributed by atoms with van der Waals surface area (Å²) in [6, 6.07) is 18.5. The topological polar surface area (TPSA) is 84.5 Å². The minimum atomic E-state index is -3.82. The molecule has 166 valence electrons. The second-order valence-corrected chi connectivity index (χ2v) is 9.25. The van der Waals surface area contributed by atoms with Gasteiger partial charge < -0.3 is 10.1 Å². The number of halogens is 1. The van der Waals surface area contributed by atoms with Gasteiger partial charge in [0.2, 0.25) is 0 Å². The lowest BCUT2D eigenvalue weighted by Gasteiger charge is -2.12. The van der Waals surface area contributed by atoms with E-state index in [1.807, 2.05) is 0 Å². The van der Waals surface area contributed by atoms with Crippen LogP contribution in [0.4, 0.5) is 10.1 Å². The van der Waals surface area contributed by atoms with Gasteiger partial charge in [-0.05, 0) is 72.5 Å². The van der Waals surface area contributed by atoms with Crippen LogP contribution in [0.15, 0.2) is 77.7 Å². The van der Waals surface area contributed by atoms with Crippen LogP contribution >= 0.6 is 0 Å². The molecule has 8 heteroatoms. The fourth-order valence-electron chi connectivity index (χ4n) is 3.51. The van der Waals surface area contributed by atoms with Crippen molar-refractivity contribution in [2.45, 2.75) is 23.8 Å². The molecule has 2 N–H and O–H groups in total. The first-order chi connectivity index (χ1) is 15.4. The van der Waals surface area contributed by atoms with Gasteiger partial charge in [-0.15, -0.1) is 0 Å². The lowest BCUT2D eigenvalue weighted by Crippen LogP contribution is -2.31. The third kappa shape index (κ3) is 5.33. The van der Waals surface area contributed by atoms with E-state index in [1.54, 1.807) is 48.5 Å². The highest BCUT2D eigenvalue weighted by atomic mass is 32.2. The summed E-state index contributed by atoms with van der Waals surface area (Å²) in [4.78, 5) is 12.3. The summed E-state index contributed by atoms with van der Waals surface area (Å²) in [6.45, 7) is 1.18. The van der Waals surface area contributed by atoms with Crippen molar-refractivity contribution in [3.63, 3.8) is 0 Å². The Hall–Kier alpha value is -3.23. The maximum Gasteiger partial charge on any atom is 0.261 e. The summed E-state index contributed by atoms with van der Waals surface area (Å²) in [5.41, 5.74) is 2.15. The molecule has 0 saturated carbocycles. The Morgan fingerprint density at radius 1 is 1.00 bits per heavy atom. The highest BCUT2D eigenvalue weighted by Gasteiger charge is 2.17. The Morgan fingerprint density at radius 2 is 1.75 bits per heavy atom. The monoisotopic (exact) mass is 454 g/mol. The molecule has 3 aromatic rings. The van der Waals surface area contributed by atoms with Crippen molar-refractivity contribution >= 4 is 21.6 Å². The van der Waals surface area contributed by atoms with E-state index in [0.29, 0.717) is 28.9 Å². The van der Waals surface area contributed by atoms with Gasteiger partial charge in [-0.25, -0.2) is 12.8 Å². The molecule has 1 atom stereocenters.